The van der Waals surface area contributed by atoms with Crippen molar-refractivity contribution in [2.24, 2.45) is 0 Å². The first-order valence-electron chi connectivity index (χ1n) is 9.74. The van der Waals surface area contributed by atoms with Crippen LogP contribution in [0.3, 0.4) is 0 Å². The van der Waals surface area contributed by atoms with Gasteiger partial charge < -0.3 is 9.73 Å². The fourth-order valence-electron chi connectivity index (χ4n) is 3.24. The average molecular weight is 382 g/mol. The summed E-state index contributed by atoms with van der Waals surface area (Å²) in [5.74, 6) is 1.01. The highest BCUT2D eigenvalue weighted by Gasteiger charge is 2.16. The van der Waals surface area contributed by atoms with Crippen LogP contribution in [0.2, 0.25) is 0 Å². The standard InChI is InChI=1S/C25H22N2O2/c28-24(26-17-9-12-19-10-3-1-4-11-19)21-15-7-8-16-22(21)25-27-18-23(29-25)20-13-5-2-6-14-20/h1-8,10-11,13-16,18H,9,12,17H2,(H,26,28). The minimum absolute atomic E-state index is 0.117. The number of carbonyl (C=O) groups excluding carboxylic acids is 1. The molecule has 1 N–H and O–H groups in total. The molecule has 1 heterocycles. The summed E-state index contributed by atoms with van der Waals surface area (Å²) in [6.07, 6.45) is 3.51. The maximum Gasteiger partial charge on any atom is 0.252 e. The van der Waals surface area contributed by atoms with Crippen molar-refractivity contribution in [2.75, 3.05) is 6.54 Å². The lowest BCUT2D eigenvalue weighted by atomic mass is 10.1. The molecule has 0 aliphatic heterocycles. The van der Waals surface area contributed by atoms with Gasteiger partial charge >= 0.3 is 0 Å². The van der Waals surface area contributed by atoms with Crippen molar-refractivity contribution < 1.29 is 9.21 Å². The molecule has 1 aromatic heterocycles. The number of oxazole rings is 1. The van der Waals surface area contributed by atoms with Crippen LogP contribution in [0, 0.1) is 0 Å². The van der Waals surface area contributed by atoms with Crippen LogP contribution in [0.1, 0.15) is 22.3 Å². The third-order valence-corrected chi connectivity index (χ3v) is 4.74. The van der Waals surface area contributed by atoms with Gasteiger partial charge in [0.1, 0.15) is 0 Å². The van der Waals surface area contributed by atoms with Crippen molar-refractivity contribution in [1.29, 1.82) is 0 Å². The predicted octanol–water partition coefficient (Wildman–Crippen LogP) is 5.37. The fraction of sp³-hybridized carbons (Fsp3) is 0.120. The number of rotatable bonds is 7. The zero-order chi connectivity index (χ0) is 19.9. The van der Waals surface area contributed by atoms with Crippen LogP contribution in [0.15, 0.2) is 95.5 Å². The molecule has 3 aromatic carbocycles. The molecule has 0 saturated heterocycles. The summed E-state index contributed by atoms with van der Waals surface area (Å²) in [5.41, 5.74) is 3.48. The number of hydrogen-bond donors (Lipinski definition) is 1. The second kappa shape index (κ2) is 9.02. The predicted molar refractivity (Wildman–Crippen MR) is 114 cm³/mol. The van der Waals surface area contributed by atoms with Crippen molar-refractivity contribution in [3.8, 4) is 22.8 Å². The Morgan fingerprint density at radius 2 is 1.55 bits per heavy atom. The highest BCUT2D eigenvalue weighted by Crippen LogP contribution is 2.28. The van der Waals surface area contributed by atoms with Gasteiger partial charge in [-0.05, 0) is 30.5 Å². The normalized spacial score (nSPS) is 10.6. The number of aryl methyl sites for hydroxylation is 1. The molecule has 0 atom stereocenters. The maximum absolute atomic E-state index is 12.7. The second-order valence-corrected chi connectivity index (χ2v) is 6.79. The van der Waals surface area contributed by atoms with Gasteiger partial charge in [0.15, 0.2) is 5.76 Å². The van der Waals surface area contributed by atoms with E-state index in [9.17, 15) is 4.79 Å². The number of aromatic nitrogens is 1. The van der Waals surface area contributed by atoms with Gasteiger partial charge in [-0.2, -0.15) is 0 Å². The monoisotopic (exact) mass is 382 g/mol. The summed E-state index contributed by atoms with van der Waals surface area (Å²) in [7, 11) is 0. The van der Waals surface area contributed by atoms with Gasteiger partial charge in [0, 0.05) is 17.7 Å². The van der Waals surface area contributed by atoms with Gasteiger partial charge in [0.2, 0.25) is 5.89 Å². The van der Waals surface area contributed by atoms with Crippen LogP contribution in [0.5, 0.6) is 0 Å². The number of hydrogen-bond acceptors (Lipinski definition) is 3. The molecule has 0 radical (unpaired) electrons. The first kappa shape index (κ1) is 18.7. The zero-order valence-electron chi connectivity index (χ0n) is 16.0. The first-order valence-corrected chi connectivity index (χ1v) is 9.74. The minimum atomic E-state index is -0.117. The lowest BCUT2D eigenvalue weighted by molar-refractivity contribution is 0.0953. The second-order valence-electron chi connectivity index (χ2n) is 6.79. The molecule has 144 valence electrons. The van der Waals surface area contributed by atoms with E-state index < -0.39 is 0 Å². The van der Waals surface area contributed by atoms with Crippen LogP contribution in [-0.4, -0.2) is 17.4 Å². The van der Waals surface area contributed by atoms with E-state index in [0.29, 0.717) is 29.3 Å². The Balaban J connectivity index is 1.44. The summed E-state index contributed by atoms with van der Waals surface area (Å²) in [6.45, 7) is 0.614. The number of nitrogens with zero attached hydrogens (tertiary/aromatic N) is 1. The smallest absolute Gasteiger partial charge is 0.252 e. The SMILES string of the molecule is O=C(NCCCc1ccccc1)c1ccccc1-c1ncc(-c2ccccc2)o1. The first-order chi connectivity index (χ1) is 14.3. The number of amides is 1. The van der Waals surface area contributed by atoms with Crippen LogP contribution in [0.25, 0.3) is 22.8 Å². The van der Waals surface area contributed by atoms with Gasteiger partial charge in [0.25, 0.3) is 5.91 Å². The van der Waals surface area contributed by atoms with Gasteiger partial charge in [-0.3, -0.25) is 4.79 Å². The molecule has 4 heteroatoms. The van der Waals surface area contributed by atoms with E-state index >= 15 is 0 Å². The molecule has 4 rings (SSSR count). The lowest BCUT2D eigenvalue weighted by Crippen LogP contribution is -2.25. The molecule has 1 amide bonds. The molecule has 0 bridgehead atoms. The van der Waals surface area contributed by atoms with Crippen molar-refractivity contribution in [2.45, 2.75) is 12.8 Å². The summed E-state index contributed by atoms with van der Waals surface area (Å²) >= 11 is 0. The van der Waals surface area contributed by atoms with Crippen LogP contribution in [-0.2, 0) is 6.42 Å². The van der Waals surface area contributed by atoms with Crippen molar-refractivity contribution >= 4 is 5.91 Å². The van der Waals surface area contributed by atoms with Gasteiger partial charge in [-0.1, -0.05) is 72.8 Å². The van der Waals surface area contributed by atoms with Gasteiger partial charge in [-0.15, -0.1) is 0 Å². The van der Waals surface area contributed by atoms with E-state index in [0.717, 1.165) is 18.4 Å². The molecule has 0 fully saturated rings. The Labute approximate surface area is 170 Å². The Hall–Kier alpha value is -3.66. The summed E-state index contributed by atoms with van der Waals surface area (Å²) in [6, 6.07) is 27.5. The van der Waals surface area contributed by atoms with Crippen LogP contribution in [0.4, 0.5) is 0 Å². The Morgan fingerprint density at radius 3 is 2.34 bits per heavy atom. The van der Waals surface area contributed by atoms with E-state index in [1.807, 2.05) is 66.7 Å². The van der Waals surface area contributed by atoms with Crippen molar-refractivity contribution in [3.05, 3.63) is 102 Å². The van der Waals surface area contributed by atoms with Crippen LogP contribution >= 0.6 is 0 Å². The van der Waals surface area contributed by atoms with Gasteiger partial charge in [0.05, 0.1) is 11.8 Å². The molecule has 29 heavy (non-hydrogen) atoms. The van der Waals surface area contributed by atoms with E-state index in [4.69, 9.17) is 4.42 Å². The number of benzene rings is 3. The third kappa shape index (κ3) is 4.61. The van der Waals surface area contributed by atoms with Crippen molar-refractivity contribution in [3.63, 3.8) is 0 Å². The lowest BCUT2D eigenvalue weighted by Gasteiger charge is -2.08. The summed E-state index contributed by atoms with van der Waals surface area (Å²) in [5, 5.41) is 3.01. The topological polar surface area (TPSA) is 55.1 Å². The zero-order valence-corrected chi connectivity index (χ0v) is 16.0. The molecule has 0 spiro atoms. The molecule has 4 nitrogen and oxygen atoms in total. The van der Waals surface area contributed by atoms with E-state index in [1.54, 1.807) is 12.3 Å². The summed E-state index contributed by atoms with van der Waals surface area (Å²) in [4.78, 5) is 17.1. The Kier molecular flexibility index (Phi) is 5.81. The molecule has 0 aliphatic rings. The number of carbonyl (C=O) groups is 1. The van der Waals surface area contributed by atoms with E-state index in [2.05, 4.69) is 22.4 Å². The Morgan fingerprint density at radius 1 is 0.862 bits per heavy atom. The summed E-state index contributed by atoms with van der Waals surface area (Å²) < 4.78 is 5.94. The molecule has 4 aromatic rings. The maximum atomic E-state index is 12.7. The average Bonchev–Trinajstić information content (AvgIpc) is 3.28. The fourth-order valence-corrected chi connectivity index (χ4v) is 3.24. The third-order valence-electron chi connectivity index (χ3n) is 4.74. The molecule has 0 aliphatic carbocycles. The molecule has 0 unspecified atom stereocenters. The Bertz CT molecular complexity index is 1070. The van der Waals surface area contributed by atoms with E-state index in [-0.39, 0.29) is 5.91 Å². The number of nitrogens with one attached hydrogen (secondary N) is 1. The quantitative estimate of drug-likeness (QED) is 0.437. The highest BCUT2D eigenvalue weighted by atomic mass is 16.4. The molecular formula is C25H22N2O2. The van der Waals surface area contributed by atoms with E-state index in [1.165, 1.54) is 5.56 Å². The minimum Gasteiger partial charge on any atom is -0.436 e. The largest absolute Gasteiger partial charge is 0.436 e. The molecule has 0 saturated carbocycles. The van der Waals surface area contributed by atoms with Crippen LogP contribution < -0.4 is 5.32 Å². The van der Waals surface area contributed by atoms with Crippen molar-refractivity contribution in [1.82, 2.24) is 10.3 Å². The molecular weight excluding hydrogens is 360 g/mol. The highest BCUT2D eigenvalue weighted by molar-refractivity contribution is 6.00. The van der Waals surface area contributed by atoms with Gasteiger partial charge in [-0.25, -0.2) is 4.98 Å².